The number of amides is 1. The minimum atomic E-state index is -0.817. The van der Waals surface area contributed by atoms with Gasteiger partial charge >= 0.3 is 0 Å². The first-order chi connectivity index (χ1) is 13.1. The van der Waals surface area contributed by atoms with Crippen LogP contribution in [0.1, 0.15) is 22.2 Å². The summed E-state index contributed by atoms with van der Waals surface area (Å²) in [6.07, 6.45) is -0.817. The first-order valence-corrected chi connectivity index (χ1v) is 8.77. The van der Waals surface area contributed by atoms with Crippen LogP contribution in [0.5, 0.6) is 5.75 Å². The lowest BCUT2D eigenvalue weighted by atomic mass is 10.0. The van der Waals surface area contributed by atoms with Crippen LogP contribution in [0, 0.1) is 0 Å². The molecule has 3 N–H and O–H groups in total. The van der Waals surface area contributed by atoms with Gasteiger partial charge in [0.15, 0.2) is 0 Å². The second-order valence-corrected chi connectivity index (χ2v) is 6.60. The number of nitrogens with zero attached hydrogens (tertiary/aromatic N) is 1. The van der Waals surface area contributed by atoms with E-state index in [1.54, 1.807) is 29.8 Å². The largest absolute Gasteiger partial charge is 0.506 e. The number of aryl methyl sites for hydroxylation is 1. The molecule has 0 aliphatic carbocycles. The number of aromatic hydroxyl groups is 1. The summed E-state index contributed by atoms with van der Waals surface area (Å²) >= 11 is 0. The van der Waals surface area contributed by atoms with Crippen molar-refractivity contribution in [2.75, 3.05) is 6.54 Å². The van der Waals surface area contributed by atoms with Crippen molar-refractivity contribution >= 4 is 27.6 Å². The van der Waals surface area contributed by atoms with Crippen LogP contribution < -0.4 is 5.32 Å². The van der Waals surface area contributed by atoms with Gasteiger partial charge in [0, 0.05) is 19.0 Å². The van der Waals surface area contributed by atoms with Gasteiger partial charge in [0.2, 0.25) is 0 Å². The number of aromatic nitrogens is 1. The Morgan fingerprint density at radius 1 is 1.04 bits per heavy atom. The molecule has 1 amide bonds. The molecule has 1 atom stereocenters. The maximum Gasteiger partial charge on any atom is 0.268 e. The molecule has 0 aliphatic heterocycles. The summed E-state index contributed by atoms with van der Waals surface area (Å²) in [6.45, 7) is 0.0976. The van der Waals surface area contributed by atoms with E-state index in [0.717, 1.165) is 21.7 Å². The van der Waals surface area contributed by atoms with E-state index in [9.17, 15) is 15.0 Å². The summed E-state index contributed by atoms with van der Waals surface area (Å²) in [5.41, 5.74) is 1.82. The smallest absolute Gasteiger partial charge is 0.268 e. The lowest BCUT2D eigenvalue weighted by molar-refractivity contribution is 0.0909. The molecule has 1 aromatic heterocycles. The molecule has 0 saturated heterocycles. The van der Waals surface area contributed by atoms with Crippen LogP contribution in [0.2, 0.25) is 0 Å². The maximum absolute atomic E-state index is 12.6. The van der Waals surface area contributed by atoms with E-state index >= 15 is 0 Å². The zero-order chi connectivity index (χ0) is 19.0. The lowest BCUT2D eigenvalue weighted by Crippen LogP contribution is -2.29. The predicted molar refractivity (Wildman–Crippen MR) is 106 cm³/mol. The summed E-state index contributed by atoms with van der Waals surface area (Å²) < 4.78 is 1.66. The Morgan fingerprint density at radius 3 is 2.56 bits per heavy atom. The Bertz CT molecular complexity index is 1140. The lowest BCUT2D eigenvalue weighted by Gasteiger charge is -2.15. The van der Waals surface area contributed by atoms with Crippen LogP contribution in [0.4, 0.5) is 0 Å². The van der Waals surface area contributed by atoms with Gasteiger partial charge in [-0.3, -0.25) is 4.79 Å². The summed E-state index contributed by atoms with van der Waals surface area (Å²) in [5, 5.41) is 26.2. The number of carbonyl (C=O) groups is 1. The van der Waals surface area contributed by atoms with Gasteiger partial charge in [0.05, 0.1) is 11.6 Å². The Kier molecular flexibility index (Phi) is 4.30. The first kappa shape index (κ1) is 17.1. The molecule has 1 unspecified atom stereocenters. The summed E-state index contributed by atoms with van der Waals surface area (Å²) in [4.78, 5) is 12.6. The Hall–Kier alpha value is -3.31. The van der Waals surface area contributed by atoms with Crippen LogP contribution in [0.25, 0.3) is 21.7 Å². The quantitative estimate of drug-likeness (QED) is 0.521. The standard InChI is InChI=1S/C22H20N2O3/c1-24-18(12-15-8-5-11-19(25)21(15)24)22(27)23-13-20(26)17-10-4-7-14-6-2-3-9-16(14)17/h2-12,20,25-26H,13H2,1H3,(H,23,27). The summed E-state index contributed by atoms with van der Waals surface area (Å²) in [7, 11) is 1.73. The van der Waals surface area contributed by atoms with Gasteiger partial charge in [0.25, 0.3) is 5.91 Å². The number of fused-ring (bicyclic) bond motifs is 2. The number of carbonyl (C=O) groups excluding carboxylic acids is 1. The van der Waals surface area contributed by atoms with E-state index < -0.39 is 6.10 Å². The number of hydrogen-bond donors (Lipinski definition) is 3. The fourth-order valence-electron chi connectivity index (χ4n) is 3.54. The summed E-state index contributed by atoms with van der Waals surface area (Å²) in [5.74, 6) is -0.169. The molecule has 0 saturated carbocycles. The zero-order valence-corrected chi connectivity index (χ0v) is 14.9. The normalized spacial score (nSPS) is 12.4. The second-order valence-electron chi connectivity index (χ2n) is 6.60. The molecule has 5 heteroatoms. The van der Waals surface area contributed by atoms with Crippen molar-refractivity contribution in [2.45, 2.75) is 6.10 Å². The van der Waals surface area contributed by atoms with Gasteiger partial charge in [0.1, 0.15) is 11.4 Å². The Morgan fingerprint density at radius 2 is 1.74 bits per heavy atom. The number of hydrogen-bond acceptors (Lipinski definition) is 3. The number of benzene rings is 3. The van der Waals surface area contributed by atoms with Gasteiger partial charge in [-0.05, 0) is 28.5 Å². The number of rotatable bonds is 4. The van der Waals surface area contributed by atoms with E-state index in [0.29, 0.717) is 11.2 Å². The second kappa shape index (κ2) is 6.78. The average molecular weight is 360 g/mol. The van der Waals surface area contributed by atoms with E-state index in [1.165, 1.54) is 0 Å². The molecular weight excluding hydrogens is 340 g/mol. The topological polar surface area (TPSA) is 74.5 Å². The van der Waals surface area contributed by atoms with Gasteiger partial charge in [-0.1, -0.05) is 54.6 Å². The molecule has 4 aromatic rings. The predicted octanol–water partition coefficient (Wildman–Crippen LogP) is 3.50. The van der Waals surface area contributed by atoms with Crippen molar-refractivity contribution < 1.29 is 15.0 Å². The highest BCUT2D eigenvalue weighted by Gasteiger charge is 2.17. The van der Waals surface area contributed by atoms with Gasteiger partial charge < -0.3 is 20.1 Å². The highest BCUT2D eigenvalue weighted by molar-refractivity contribution is 6.00. The van der Waals surface area contributed by atoms with Crippen molar-refractivity contribution in [3.8, 4) is 5.75 Å². The van der Waals surface area contributed by atoms with Crippen LogP contribution >= 0.6 is 0 Å². The maximum atomic E-state index is 12.6. The number of phenols is 1. The van der Waals surface area contributed by atoms with Crippen LogP contribution in [-0.2, 0) is 7.05 Å². The SMILES string of the molecule is Cn1c(C(=O)NCC(O)c2cccc3ccccc23)cc2cccc(O)c21. The van der Waals surface area contributed by atoms with Crippen molar-refractivity contribution in [1.82, 2.24) is 9.88 Å². The summed E-state index contributed by atoms with van der Waals surface area (Å²) in [6, 6.07) is 20.5. The molecule has 136 valence electrons. The highest BCUT2D eigenvalue weighted by Crippen LogP contribution is 2.27. The zero-order valence-electron chi connectivity index (χ0n) is 14.9. The van der Waals surface area contributed by atoms with Crippen LogP contribution in [0.15, 0.2) is 66.7 Å². The fraction of sp³-hybridized carbons (Fsp3) is 0.136. The number of aliphatic hydroxyl groups excluding tert-OH is 1. The van der Waals surface area contributed by atoms with E-state index in [2.05, 4.69) is 5.32 Å². The van der Waals surface area contributed by atoms with Crippen molar-refractivity contribution in [3.63, 3.8) is 0 Å². The van der Waals surface area contributed by atoms with Crippen molar-refractivity contribution in [1.29, 1.82) is 0 Å². The number of para-hydroxylation sites is 1. The highest BCUT2D eigenvalue weighted by atomic mass is 16.3. The van der Waals surface area contributed by atoms with Crippen molar-refractivity contribution in [3.05, 3.63) is 78.0 Å². The monoisotopic (exact) mass is 360 g/mol. The number of nitrogens with one attached hydrogen (secondary N) is 1. The molecule has 0 aliphatic rings. The molecular formula is C22H20N2O3. The minimum absolute atomic E-state index is 0.0976. The van der Waals surface area contributed by atoms with Gasteiger partial charge in [-0.25, -0.2) is 0 Å². The number of aliphatic hydroxyl groups is 1. The number of phenolic OH excluding ortho intramolecular Hbond substituents is 1. The molecule has 5 nitrogen and oxygen atoms in total. The van der Waals surface area contributed by atoms with Gasteiger partial charge in [-0.2, -0.15) is 0 Å². The van der Waals surface area contributed by atoms with Gasteiger partial charge in [-0.15, -0.1) is 0 Å². The Balaban J connectivity index is 1.56. The molecule has 0 fully saturated rings. The molecule has 0 spiro atoms. The molecule has 3 aromatic carbocycles. The van der Waals surface area contributed by atoms with Crippen molar-refractivity contribution in [2.24, 2.45) is 7.05 Å². The minimum Gasteiger partial charge on any atom is -0.506 e. The van der Waals surface area contributed by atoms with E-state index in [1.807, 2.05) is 48.5 Å². The fourth-order valence-corrected chi connectivity index (χ4v) is 3.54. The Labute approximate surface area is 156 Å². The first-order valence-electron chi connectivity index (χ1n) is 8.77. The average Bonchev–Trinajstić information content (AvgIpc) is 3.03. The van der Waals surface area contributed by atoms with E-state index in [-0.39, 0.29) is 18.2 Å². The molecule has 0 radical (unpaired) electrons. The van der Waals surface area contributed by atoms with Crippen LogP contribution in [0.3, 0.4) is 0 Å². The third-order valence-corrected chi connectivity index (χ3v) is 4.91. The molecule has 0 bridgehead atoms. The third kappa shape index (κ3) is 3.02. The molecule has 27 heavy (non-hydrogen) atoms. The molecule has 1 heterocycles. The third-order valence-electron chi connectivity index (χ3n) is 4.91. The van der Waals surface area contributed by atoms with Crippen LogP contribution in [-0.4, -0.2) is 27.2 Å². The molecule has 4 rings (SSSR count). The van der Waals surface area contributed by atoms with E-state index in [4.69, 9.17) is 0 Å².